The normalized spacial score (nSPS) is 12.6. The van der Waals surface area contributed by atoms with Gasteiger partial charge in [-0.25, -0.2) is 0 Å². The highest BCUT2D eigenvalue weighted by Gasteiger charge is 2.19. The summed E-state index contributed by atoms with van der Waals surface area (Å²) in [6.07, 6.45) is 80.2. The van der Waals surface area contributed by atoms with Crippen molar-refractivity contribution in [2.45, 2.75) is 309 Å². The fourth-order valence-corrected chi connectivity index (χ4v) is 8.74. The van der Waals surface area contributed by atoms with Crippen LogP contribution in [0.15, 0.2) is 85.1 Å². The number of hydrogen-bond acceptors (Lipinski definition) is 6. The topological polar surface area (TPSA) is 78.9 Å². The number of allylic oxidation sites excluding steroid dienone is 14. The first-order valence-corrected chi connectivity index (χ1v) is 31.1. The van der Waals surface area contributed by atoms with Gasteiger partial charge in [0.2, 0.25) is 0 Å². The third-order valence-electron chi connectivity index (χ3n) is 13.4. The van der Waals surface area contributed by atoms with E-state index in [0.29, 0.717) is 19.3 Å². The quantitative estimate of drug-likeness (QED) is 0.0261. The van der Waals surface area contributed by atoms with Gasteiger partial charge < -0.3 is 14.2 Å². The molecule has 0 saturated carbocycles. The minimum Gasteiger partial charge on any atom is -0.462 e. The van der Waals surface area contributed by atoms with Crippen LogP contribution in [0.1, 0.15) is 303 Å². The van der Waals surface area contributed by atoms with Gasteiger partial charge in [-0.15, -0.1) is 0 Å². The number of carbonyl (C=O) groups is 3. The van der Waals surface area contributed by atoms with Crippen LogP contribution in [0.4, 0.5) is 0 Å². The molecule has 0 heterocycles. The summed E-state index contributed by atoms with van der Waals surface area (Å²) in [7, 11) is 0. The molecular formula is C67H116O6. The van der Waals surface area contributed by atoms with Crippen LogP contribution in [0.3, 0.4) is 0 Å². The van der Waals surface area contributed by atoms with E-state index in [0.717, 1.165) is 109 Å². The molecule has 6 nitrogen and oxygen atoms in total. The summed E-state index contributed by atoms with van der Waals surface area (Å²) in [4.78, 5) is 38.1. The van der Waals surface area contributed by atoms with Gasteiger partial charge in [0, 0.05) is 19.3 Å². The Balaban J connectivity index is 4.22. The third kappa shape index (κ3) is 59.3. The Hall–Kier alpha value is -3.41. The summed E-state index contributed by atoms with van der Waals surface area (Å²) in [6.45, 7) is 6.50. The predicted octanol–water partition coefficient (Wildman–Crippen LogP) is 21.1. The predicted molar refractivity (Wildman–Crippen MR) is 316 cm³/mol. The summed E-state index contributed by atoms with van der Waals surface area (Å²) < 4.78 is 16.9. The molecule has 1 unspecified atom stereocenters. The van der Waals surface area contributed by atoms with Crippen LogP contribution in [0, 0.1) is 0 Å². The standard InChI is InChI=1S/C67H116O6/c1-4-7-10-13-16-19-21-23-25-27-29-30-31-32-33-34-35-36-38-39-41-43-45-48-51-54-57-60-66(69)72-63-64(62-71-65(68)59-56-53-50-47-18-15-12-9-6-3)73-67(70)61-58-55-52-49-46-44-42-40-37-28-26-24-22-20-17-14-11-8-5-2/h8,11,17,20-21,23-24,26-27,29,31-32,37,40,64H,4-7,9-10,12-16,18-19,22,25,28,30,33-36,38-39,41-63H2,1-3H3/b11-8-,20-17-,23-21-,26-24-,29-27-,32-31-,40-37-. The van der Waals surface area contributed by atoms with E-state index in [2.05, 4.69) is 106 Å². The molecule has 0 aromatic heterocycles. The highest BCUT2D eigenvalue weighted by molar-refractivity contribution is 5.71. The van der Waals surface area contributed by atoms with E-state index >= 15 is 0 Å². The van der Waals surface area contributed by atoms with Crippen molar-refractivity contribution >= 4 is 17.9 Å². The molecule has 420 valence electrons. The molecule has 0 N–H and O–H groups in total. The number of carbonyl (C=O) groups excluding carboxylic acids is 3. The monoisotopic (exact) mass is 1020 g/mol. The Morgan fingerprint density at radius 1 is 0.288 bits per heavy atom. The lowest BCUT2D eigenvalue weighted by atomic mass is 10.0. The van der Waals surface area contributed by atoms with Gasteiger partial charge in [0.15, 0.2) is 6.10 Å². The molecule has 0 bridgehead atoms. The highest BCUT2D eigenvalue weighted by Crippen LogP contribution is 2.16. The smallest absolute Gasteiger partial charge is 0.306 e. The van der Waals surface area contributed by atoms with Crippen molar-refractivity contribution in [2.24, 2.45) is 0 Å². The zero-order chi connectivity index (χ0) is 52.9. The Labute approximate surface area is 452 Å². The van der Waals surface area contributed by atoms with Crippen LogP contribution in [0.5, 0.6) is 0 Å². The minimum atomic E-state index is -0.783. The Morgan fingerprint density at radius 3 is 0.836 bits per heavy atom. The van der Waals surface area contributed by atoms with Crippen LogP contribution in [0.2, 0.25) is 0 Å². The van der Waals surface area contributed by atoms with Crippen LogP contribution in [0.25, 0.3) is 0 Å². The van der Waals surface area contributed by atoms with E-state index in [-0.39, 0.29) is 31.1 Å². The van der Waals surface area contributed by atoms with E-state index in [1.807, 2.05) is 0 Å². The molecule has 0 aliphatic heterocycles. The maximum absolute atomic E-state index is 12.9. The van der Waals surface area contributed by atoms with Crippen LogP contribution >= 0.6 is 0 Å². The second kappa shape index (κ2) is 61.1. The molecule has 0 fully saturated rings. The maximum atomic E-state index is 12.9. The number of rotatable bonds is 56. The second-order valence-corrected chi connectivity index (χ2v) is 20.6. The Kier molecular flexibility index (Phi) is 58.3. The minimum absolute atomic E-state index is 0.0809. The summed E-state index contributed by atoms with van der Waals surface area (Å²) in [5.74, 6) is -0.891. The molecule has 0 amide bonds. The van der Waals surface area contributed by atoms with Crippen molar-refractivity contribution in [3.8, 4) is 0 Å². The second-order valence-electron chi connectivity index (χ2n) is 20.6. The van der Waals surface area contributed by atoms with Gasteiger partial charge in [0.1, 0.15) is 13.2 Å². The lowest BCUT2D eigenvalue weighted by molar-refractivity contribution is -0.167. The van der Waals surface area contributed by atoms with Crippen LogP contribution < -0.4 is 0 Å². The largest absolute Gasteiger partial charge is 0.462 e. The van der Waals surface area contributed by atoms with Crippen molar-refractivity contribution in [3.05, 3.63) is 85.1 Å². The number of unbranched alkanes of at least 4 members (excludes halogenated alkanes) is 31. The molecule has 0 saturated heterocycles. The van der Waals surface area contributed by atoms with Crippen molar-refractivity contribution < 1.29 is 28.6 Å². The van der Waals surface area contributed by atoms with E-state index in [1.165, 1.54) is 154 Å². The molecule has 0 spiro atoms. The van der Waals surface area contributed by atoms with Gasteiger partial charge in [-0.3, -0.25) is 14.4 Å². The van der Waals surface area contributed by atoms with Gasteiger partial charge in [-0.2, -0.15) is 0 Å². The van der Waals surface area contributed by atoms with E-state index in [4.69, 9.17) is 14.2 Å². The Morgan fingerprint density at radius 2 is 0.534 bits per heavy atom. The zero-order valence-electron chi connectivity index (χ0n) is 48.1. The zero-order valence-corrected chi connectivity index (χ0v) is 48.1. The van der Waals surface area contributed by atoms with Crippen molar-refractivity contribution in [2.75, 3.05) is 13.2 Å². The van der Waals surface area contributed by atoms with Crippen LogP contribution in [-0.2, 0) is 28.6 Å². The van der Waals surface area contributed by atoms with Gasteiger partial charge >= 0.3 is 17.9 Å². The molecule has 0 aromatic rings. The van der Waals surface area contributed by atoms with Crippen LogP contribution in [-0.4, -0.2) is 37.2 Å². The lowest BCUT2D eigenvalue weighted by Gasteiger charge is -2.18. The molecule has 0 rings (SSSR count). The number of ether oxygens (including phenoxy) is 3. The highest BCUT2D eigenvalue weighted by atomic mass is 16.6. The molecule has 6 heteroatoms. The molecule has 1 atom stereocenters. The number of esters is 3. The lowest BCUT2D eigenvalue weighted by Crippen LogP contribution is -2.30. The van der Waals surface area contributed by atoms with Gasteiger partial charge in [-0.1, -0.05) is 273 Å². The molecule has 73 heavy (non-hydrogen) atoms. The molecule has 0 aromatic carbocycles. The van der Waals surface area contributed by atoms with Crippen molar-refractivity contribution in [1.29, 1.82) is 0 Å². The molecular weight excluding hydrogens is 901 g/mol. The molecule has 0 aliphatic rings. The van der Waals surface area contributed by atoms with E-state index in [9.17, 15) is 14.4 Å². The third-order valence-corrected chi connectivity index (χ3v) is 13.4. The summed E-state index contributed by atoms with van der Waals surface area (Å²) in [6, 6.07) is 0. The summed E-state index contributed by atoms with van der Waals surface area (Å²) in [5, 5.41) is 0. The summed E-state index contributed by atoms with van der Waals surface area (Å²) in [5.41, 5.74) is 0. The molecule has 0 aliphatic carbocycles. The average molecular weight is 1020 g/mol. The van der Waals surface area contributed by atoms with E-state index < -0.39 is 6.10 Å². The first-order chi connectivity index (χ1) is 36.0. The van der Waals surface area contributed by atoms with Gasteiger partial charge in [-0.05, 0) is 96.3 Å². The fourth-order valence-electron chi connectivity index (χ4n) is 8.74. The fraction of sp³-hybridized carbons (Fsp3) is 0.746. The first kappa shape index (κ1) is 69.6. The van der Waals surface area contributed by atoms with Crippen molar-refractivity contribution in [3.63, 3.8) is 0 Å². The molecule has 0 radical (unpaired) electrons. The Bertz CT molecular complexity index is 1400. The van der Waals surface area contributed by atoms with Gasteiger partial charge in [0.25, 0.3) is 0 Å². The SMILES string of the molecule is CC/C=C\C/C=C\C/C=C\C/C=C\CCCCCCCCC(=O)OC(COC(=O)CCCCCCCCCCC)COC(=O)CCCCCCCCCCCCCC/C=C\C/C=C\C/C=C\CCCCCCC. The van der Waals surface area contributed by atoms with Crippen molar-refractivity contribution in [1.82, 2.24) is 0 Å². The van der Waals surface area contributed by atoms with Gasteiger partial charge in [0.05, 0.1) is 0 Å². The number of hydrogen-bond donors (Lipinski definition) is 0. The van der Waals surface area contributed by atoms with E-state index in [1.54, 1.807) is 0 Å². The average Bonchev–Trinajstić information content (AvgIpc) is 3.39. The maximum Gasteiger partial charge on any atom is 0.306 e. The summed E-state index contributed by atoms with van der Waals surface area (Å²) >= 11 is 0. The first-order valence-electron chi connectivity index (χ1n) is 31.1.